The Bertz CT molecular complexity index is 239. The molecule has 1 rings (SSSR count). The molecule has 13 heavy (non-hydrogen) atoms. The summed E-state index contributed by atoms with van der Waals surface area (Å²) < 4.78 is 0. The lowest BCUT2D eigenvalue weighted by molar-refractivity contribution is 0.587. The fourth-order valence-electron chi connectivity index (χ4n) is 1.14. The number of aromatic nitrogens is 1. The Morgan fingerprint density at radius 2 is 2.15 bits per heavy atom. The number of nitrogens with zero attached hydrogens (tertiary/aromatic N) is 1. The molecule has 0 aliphatic rings. The van der Waals surface area contributed by atoms with Gasteiger partial charge in [-0.2, -0.15) is 0 Å². The molecule has 2 nitrogen and oxygen atoms in total. The van der Waals surface area contributed by atoms with Crippen LogP contribution < -0.4 is 5.32 Å². The van der Waals surface area contributed by atoms with Gasteiger partial charge in [0.1, 0.15) is 0 Å². The van der Waals surface area contributed by atoms with Crippen LogP contribution in [0.5, 0.6) is 0 Å². The molecule has 0 saturated carbocycles. The quantitative estimate of drug-likeness (QED) is 0.762. The molecule has 0 aromatic carbocycles. The van der Waals surface area contributed by atoms with E-state index in [0.29, 0.717) is 6.04 Å². The van der Waals surface area contributed by atoms with Crippen LogP contribution in [0.3, 0.4) is 0 Å². The first kappa shape index (κ1) is 10.2. The van der Waals surface area contributed by atoms with E-state index in [1.807, 2.05) is 6.20 Å². The Morgan fingerprint density at radius 3 is 2.69 bits per heavy atom. The van der Waals surface area contributed by atoms with Crippen molar-refractivity contribution in [3.05, 3.63) is 29.6 Å². The second kappa shape index (κ2) is 4.97. The minimum atomic E-state index is 0.561. The molecule has 0 fully saturated rings. The summed E-state index contributed by atoms with van der Waals surface area (Å²) in [5.41, 5.74) is 2.39. The lowest BCUT2D eigenvalue weighted by Gasteiger charge is -2.07. The van der Waals surface area contributed by atoms with Crippen LogP contribution in [-0.4, -0.2) is 17.6 Å². The van der Waals surface area contributed by atoms with Crippen LogP contribution in [0, 0.1) is 6.92 Å². The molecule has 72 valence electrons. The van der Waals surface area contributed by atoms with Crippen LogP contribution >= 0.6 is 0 Å². The molecule has 1 aromatic heterocycles. The van der Waals surface area contributed by atoms with E-state index in [1.165, 1.54) is 11.3 Å². The zero-order valence-corrected chi connectivity index (χ0v) is 8.67. The number of hydrogen-bond acceptors (Lipinski definition) is 2. The SMILES string of the molecule is Cc1ccc(CCNC(C)C)nc1. The van der Waals surface area contributed by atoms with Crippen molar-refractivity contribution < 1.29 is 0 Å². The zero-order chi connectivity index (χ0) is 9.68. The van der Waals surface area contributed by atoms with Crippen molar-refractivity contribution >= 4 is 0 Å². The second-order valence-corrected chi connectivity index (χ2v) is 3.69. The van der Waals surface area contributed by atoms with Crippen LogP contribution in [0.4, 0.5) is 0 Å². The summed E-state index contributed by atoms with van der Waals surface area (Å²) >= 11 is 0. The molecule has 1 N–H and O–H groups in total. The fraction of sp³-hybridized carbons (Fsp3) is 0.545. The highest BCUT2D eigenvalue weighted by atomic mass is 14.9. The summed E-state index contributed by atoms with van der Waals surface area (Å²) in [6.07, 6.45) is 2.93. The average Bonchev–Trinajstić information content (AvgIpc) is 2.08. The summed E-state index contributed by atoms with van der Waals surface area (Å²) in [5.74, 6) is 0. The standard InChI is InChI=1S/C11H18N2/c1-9(2)12-7-6-11-5-4-10(3)8-13-11/h4-5,8-9,12H,6-7H2,1-3H3. The maximum atomic E-state index is 4.34. The number of nitrogens with one attached hydrogen (secondary N) is 1. The maximum absolute atomic E-state index is 4.34. The van der Waals surface area contributed by atoms with Gasteiger partial charge in [0.05, 0.1) is 0 Å². The van der Waals surface area contributed by atoms with Gasteiger partial charge in [-0.1, -0.05) is 19.9 Å². The van der Waals surface area contributed by atoms with Gasteiger partial charge in [-0.3, -0.25) is 4.98 Å². The molecule has 0 saturated heterocycles. The van der Waals surface area contributed by atoms with E-state index in [-0.39, 0.29) is 0 Å². The first-order valence-electron chi connectivity index (χ1n) is 4.83. The molecule has 1 heterocycles. The highest BCUT2D eigenvalue weighted by Gasteiger charge is 1.95. The van der Waals surface area contributed by atoms with Crippen LogP contribution in [0.2, 0.25) is 0 Å². The van der Waals surface area contributed by atoms with Gasteiger partial charge in [0.15, 0.2) is 0 Å². The van der Waals surface area contributed by atoms with Crippen LogP contribution in [0.15, 0.2) is 18.3 Å². The summed E-state index contributed by atoms with van der Waals surface area (Å²) in [5, 5.41) is 3.37. The number of hydrogen-bond donors (Lipinski definition) is 1. The van der Waals surface area contributed by atoms with E-state index in [1.54, 1.807) is 0 Å². The highest BCUT2D eigenvalue weighted by Crippen LogP contribution is 1.98. The highest BCUT2D eigenvalue weighted by molar-refractivity contribution is 5.12. The molecular formula is C11H18N2. The molecule has 0 aliphatic carbocycles. The summed E-state index contributed by atoms with van der Waals surface area (Å²) in [7, 11) is 0. The van der Waals surface area contributed by atoms with Gasteiger partial charge >= 0.3 is 0 Å². The molecule has 0 aliphatic heterocycles. The molecule has 0 amide bonds. The predicted octanol–water partition coefficient (Wildman–Crippen LogP) is 1.93. The number of pyridine rings is 1. The van der Waals surface area contributed by atoms with Gasteiger partial charge in [-0.15, -0.1) is 0 Å². The topological polar surface area (TPSA) is 24.9 Å². The van der Waals surface area contributed by atoms with Crippen molar-refractivity contribution in [2.24, 2.45) is 0 Å². The van der Waals surface area contributed by atoms with Crippen molar-refractivity contribution in [3.8, 4) is 0 Å². The second-order valence-electron chi connectivity index (χ2n) is 3.69. The molecule has 2 heteroatoms. The van der Waals surface area contributed by atoms with Crippen molar-refractivity contribution in [1.82, 2.24) is 10.3 Å². The smallest absolute Gasteiger partial charge is 0.0416 e. The Morgan fingerprint density at radius 1 is 1.38 bits per heavy atom. The molecule has 0 atom stereocenters. The van der Waals surface area contributed by atoms with Crippen LogP contribution in [0.25, 0.3) is 0 Å². The largest absolute Gasteiger partial charge is 0.314 e. The Labute approximate surface area is 80.4 Å². The summed E-state index contributed by atoms with van der Waals surface area (Å²) in [6, 6.07) is 4.76. The van der Waals surface area contributed by atoms with E-state index < -0.39 is 0 Å². The van der Waals surface area contributed by atoms with Crippen molar-refractivity contribution in [2.45, 2.75) is 33.2 Å². The van der Waals surface area contributed by atoms with Gasteiger partial charge in [0.25, 0.3) is 0 Å². The van der Waals surface area contributed by atoms with Gasteiger partial charge in [-0.05, 0) is 18.6 Å². The number of aryl methyl sites for hydroxylation is 1. The maximum Gasteiger partial charge on any atom is 0.0416 e. The monoisotopic (exact) mass is 178 g/mol. The minimum Gasteiger partial charge on any atom is -0.314 e. The molecule has 0 bridgehead atoms. The van der Waals surface area contributed by atoms with Crippen molar-refractivity contribution in [1.29, 1.82) is 0 Å². The number of rotatable bonds is 4. The first-order chi connectivity index (χ1) is 6.18. The summed E-state index contributed by atoms with van der Waals surface area (Å²) in [4.78, 5) is 4.34. The third-order valence-corrected chi connectivity index (χ3v) is 1.91. The Kier molecular flexibility index (Phi) is 3.90. The Hall–Kier alpha value is -0.890. The van der Waals surface area contributed by atoms with Crippen molar-refractivity contribution in [3.63, 3.8) is 0 Å². The van der Waals surface area contributed by atoms with Crippen LogP contribution in [0.1, 0.15) is 25.1 Å². The molecular weight excluding hydrogens is 160 g/mol. The predicted molar refractivity (Wildman–Crippen MR) is 55.8 cm³/mol. The van der Waals surface area contributed by atoms with E-state index in [9.17, 15) is 0 Å². The fourth-order valence-corrected chi connectivity index (χ4v) is 1.14. The van der Waals surface area contributed by atoms with E-state index in [2.05, 4.69) is 43.2 Å². The van der Waals surface area contributed by atoms with Gasteiger partial charge in [-0.25, -0.2) is 0 Å². The molecule has 0 spiro atoms. The van der Waals surface area contributed by atoms with Gasteiger partial charge < -0.3 is 5.32 Å². The third-order valence-electron chi connectivity index (χ3n) is 1.91. The van der Waals surface area contributed by atoms with E-state index in [0.717, 1.165) is 13.0 Å². The summed E-state index contributed by atoms with van der Waals surface area (Å²) in [6.45, 7) is 7.38. The third kappa shape index (κ3) is 4.04. The minimum absolute atomic E-state index is 0.561. The van der Waals surface area contributed by atoms with Crippen molar-refractivity contribution in [2.75, 3.05) is 6.54 Å². The van der Waals surface area contributed by atoms with Gasteiger partial charge in [0, 0.05) is 30.9 Å². The van der Waals surface area contributed by atoms with Crippen LogP contribution in [-0.2, 0) is 6.42 Å². The van der Waals surface area contributed by atoms with Gasteiger partial charge in [0.2, 0.25) is 0 Å². The van der Waals surface area contributed by atoms with E-state index in [4.69, 9.17) is 0 Å². The van der Waals surface area contributed by atoms with E-state index >= 15 is 0 Å². The molecule has 0 unspecified atom stereocenters. The normalized spacial score (nSPS) is 10.8. The molecule has 0 radical (unpaired) electrons. The zero-order valence-electron chi connectivity index (χ0n) is 8.67. The first-order valence-corrected chi connectivity index (χ1v) is 4.83. The lowest BCUT2D eigenvalue weighted by Crippen LogP contribution is -2.25. The molecule has 1 aromatic rings. The Balaban J connectivity index is 2.33. The average molecular weight is 178 g/mol. The lowest BCUT2D eigenvalue weighted by atomic mass is 10.2.